The lowest BCUT2D eigenvalue weighted by Gasteiger charge is -2.11. The second-order valence-corrected chi connectivity index (χ2v) is 8.11. The highest BCUT2D eigenvalue weighted by Gasteiger charge is 2.18. The number of carbonyl (C=O) groups excluding carboxylic acids is 1. The van der Waals surface area contributed by atoms with Gasteiger partial charge < -0.3 is 0 Å². The highest BCUT2D eigenvalue weighted by atomic mass is 32.1. The van der Waals surface area contributed by atoms with Crippen molar-refractivity contribution in [2.45, 2.75) is 6.92 Å². The quantitative estimate of drug-likeness (QED) is 0.159. The molecule has 0 aliphatic rings. The molecule has 0 saturated heterocycles. The van der Waals surface area contributed by atoms with E-state index < -0.39 is 16.6 Å². The van der Waals surface area contributed by atoms with Crippen LogP contribution in [0.25, 0.3) is 16.3 Å². The van der Waals surface area contributed by atoms with E-state index in [4.69, 9.17) is 0 Å². The standard InChI is InChI=1S/C24H17FN4O3S/c1-16-5-7-18(8-6-16)15-26-28(24-27-21-11-10-19(25)14-22(21)33-24)23(30)12-9-17-3-2-4-20(13-17)29(31)32/h2-15H,1H3/b12-9+,26-15+. The Balaban J connectivity index is 1.67. The Labute approximate surface area is 192 Å². The van der Waals surface area contributed by atoms with Crippen molar-refractivity contribution in [1.29, 1.82) is 0 Å². The monoisotopic (exact) mass is 460 g/mol. The van der Waals surface area contributed by atoms with Gasteiger partial charge in [-0.25, -0.2) is 9.37 Å². The number of non-ortho nitro benzene ring substituents is 1. The highest BCUT2D eigenvalue weighted by Crippen LogP contribution is 2.30. The Morgan fingerprint density at radius 3 is 2.67 bits per heavy atom. The van der Waals surface area contributed by atoms with Gasteiger partial charge in [-0.3, -0.25) is 14.9 Å². The Morgan fingerprint density at radius 2 is 1.91 bits per heavy atom. The van der Waals surface area contributed by atoms with Crippen molar-refractivity contribution in [3.05, 3.63) is 105 Å². The van der Waals surface area contributed by atoms with E-state index in [-0.39, 0.29) is 10.8 Å². The zero-order chi connectivity index (χ0) is 23.4. The lowest BCUT2D eigenvalue weighted by molar-refractivity contribution is -0.384. The number of aryl methyl sites for hydroxylation is 1. The third kappa shape index (κ3) is 5.34. The summed E-state index contributed by atoms with van der Waals surface area (Å²) in [7, 11) is 0. The summed E-state index contributed by atoms with van der Waals surface area (Å²) in [4.78, 5) is 27.9. The third-order valence-electron chi connectivity index (χ3n) is 4.63. The zero-order valence-electron chi connectivity index (χ0n) is 17.4. The van der Waals surface area contributed by atoms with Crippen molar-refractivity contribution in [3.63, 3.8) is 0 Å². The van der Waals surface area contributed by atoms with Crippen molar-refractivity contribution in [2.24, 2.45) is 5.10 Å². The number of anilines is 1. The van der Waals surface area contributed by atoms with Crippen LogP contribution in [0.15, 0.2) is 77.9 Å². The first kappa shape index (κ1) is 22.0. The summed E-state index contributed by atoms with van der Waals surface area (Å²) in [5, 5.41) is 16.7. The van der Waals surface area contributed by atoms with Gasteiger partial charge in [0.2, 0.25) is 5.13 Å². The van der Waals surface area contributed by atoms with E-state index in [1.54, 1.807) is 6.07 Å². The van der Waals surface area contributed by atoms with Crippen LogP contribution < -0.4 is 5.01 Å². The number of carbonyl (C=O) groups is 1. The first-order valence-corrected chi connectivity index (χ1v) is 10.6. The molecule has 0 radical (unpaired) electrons. The van der Waals surface area contributed by atoms with Crippen LogP contribution in [0, 0.1) is 22.9 Å². The smallest absolute Gasteiger partial charge is 0.267 e. The van der Waals surface area contributed by atoms with Gasteiger partial charge in [0.25, 0.3) is 11.6 Å². The predicted octanol–water partition coefficient (Wildman–Crippen LogP) is 5.73. The van der Waals surface area contributed by atoms with Crippen molar-refractivity contribution in [1.82, 2.24) is 4.98 Å². The molecule has 4 rings (SSSR count). The van der Waals surface area contributed by atoms with Gasteiger partial charge in [-0.1, -0.05) is 53.3 Å². The van der Waals surface area contributed by atoms with Gasteiger partial charge in [-0.15, -0.1) is 0 Å². The van der Waals surface area contributed by atoms with E-state index in [1.165, 1.54) is 54.8 Å². The van der Waals surface area contributed by atoms with E-state index in [0.29, 0.717) is 15.8 Å². The number of thiazole rings is 1. The normalized spacial score (nSPS) is 11.5. The maximum absolute atomic E-state index is 13.6. The average molecular weight is 460 g/mol. The molecule has 0 saturated carbocycles. The van der Waals surface area contributed by atoms with Crippen LogP contribution in [0.4, 0.5) is 15.2 Å². The number of benzene rings is 3. The van der Waals surface area contributed by atoms with Crippen LogP contribution in [0.5, 0.6) is 0 Å². The number of nitro groups is 1. The predicted molar refractivity (Wildman–Crippen MR) is 128 cm³/mol. The van der Waals surface area contributed by atoms with Crippen molar-refractivity contribution < 1.29 is 14.1 Å². The molecule has 0 atom stereocenters. The topological polar surface area (TPSA) is 88.7 Å². The fraction of sp³-hybridized carbons (Fsp3) is 0.0417. The first-order valence-electron chi connectivity index (χ1n) is 9.82. The van der Waals surface area contributed by atoms with Crippen molar-refractivity contribution in [3.8, 4) is 0 Å². The number of aromatic nitrogens is 1. The number of hydrogen-bond donors (Lipinski definition) is 0. The van der Waals surface area contributed by atoms with E-state index >= 15 is 0 Å². The molecule has 1 heterocycles. The lowest BCUT2D eigenvalue weighted by atomic mass is 10.2. The Morgan fingerprint density at radius 1 is 1.12 bits per heavy atom. The Hall–Kier alpha value is -4.24. The molecule has 4 aromatic rings. The molecule has 0 aliphatic carbocycles. The molecule has 1 amide bonds. The number of hydrogen-bond acceptors (Lipinski definition) is 6. The van der Waals surface area contributed by atoms with Crippen LogP contribution >= 0.6 is 11.3 Å². The number of rotatable bonds is 6. The van der Waals surface area contributed by atoms with Gasteiger partial charge in [0.1, 0.15) is 5.82 Å². The second-order valence-electron chi connectivity index (χ2n) is 7.10. The van der Waals surface area contributed by atoms with Crippen LogP contribution in [0.1, 0.15) is 16.7 Å². The van der Waals surface area contributed by atoms with Crippen LogP contribution in [0.2, 0.25) is 0 Å². The molecule has 0 unspecified atom stereocenters. The number of halogens is 1. The first-order chi connectivity index (χ1) is 15.9. The SMILES string of the molecule is Cc1ccc(/C=N/N(C(=O)/C=C/c2cccc([N+](=O)[O-])c2)c2nc3ccc(F)cc3s2)cc1. The second kappa shape index (κ2) is 9.49. The number of hydrazone groups is 1. The van der Waals surface area contributed by atoms with Crippen LogP contribution in [-0.4, -0.2) is 22.0 Å². The number of amides is 1. The van der Waals surface area contributed by atoms with E-state index in [9.17, 15) is 19.3 Å². The van der Waals surface area contributed by atoms with E-state index in [1.807, 2.05) is 31.2 Å². The van der Waals surface area contributed by atoms with E-state index in [0.717, 1.165) is 27.5 Å². The molecule has 164 valence electrons. The molecular formula is C24H17FN4O3S. The lowest BCUT2D eigenvalue weighted by Crippen LogP contribution is -2.23. The van der Waals surface area contributed by atoms with Crippen molar-refractivity contribution >= 4 is 50.6 Å². The van der Waals surface area contributed by atoms with Gasteiger partial charge in [-0.05, 0) is 42.3 Å². The molecule has 33 heavy (non-hydrogen) atoms. The van der Waals surface area contributed by atoms with Gasteiger partial charge >= 0.3 is 0 Å². The zero-order valence-corrected chi connectivity index (χ0v) is 18.2. The molecule has 9 heteroatoms. The Bertz CT molecular complexity index is 1400. The third-order valence-corrected chi connectivity index (χ3v) is 5.62. The largest absolute Gasteiger partial charge is 0.273 e. The van der Waals surface area contributed by atoms with Gasteiger partial charge in [0, 0.05) is 18.2 Å². The highest BCUT2D eigenvalue weighted by molar-refractivity contribution is 7.22. The molecular weight excluding hydrogens is 443 g/mol. The summed E-state index contributed by atoms with van der Waals surface area (Å²) in [6, 6.07) is 17.7. The molecule has 0 spiro atoms. The fourth-order valence-electron chi connectivity index (χ4n) is 2.93. The summed E-state index contributed by atoms with van der Waals surface area (Å²) >= 11 is 1.13. The molecule has 7 nitrogen and oxygen atoms in total. The number of nitro benzene ring substituents is 1. The van der Waals surface area contributed by atoms with Gasteiger partial charge in [0.05, 0.1) is 21.4 Å². The van der Waals surface area contributed by atoms with Gasteiger partial charge in [0.15, 0.2) is 0 Å². The van der Waals surface area contributed by atoms with Crippen LogP contribution in [0.3, 0.4) is 0 Å². The van der Waals surface area contributed by atoms with Crippen LogP contribution in [-0.2, 0) is 4.79 Å². The summed E-state index contributed by atoms with van der Waals surface area (Å²) in [6.07, 6.45) is 4.26. The summed E-state index contributed by atoms with van der Waals surface area (Å²) in [6.45, 7) is 1.97. The molecule has 0 bridgehead atoms. The van der Waals surface area contributed by atoms with Crippen molar-refractivity contribution in [2.75, 3.05) is 5.01 Å². The molecule has 3 aromatic carbocycles. The van der Waals surface area contributed by atoms with Gasteiger partial charge in [-0.2, -0.15) is 10.1 Å². The average Bonchev–Trinajstić information content (AvgIpc) is 3.22. The Kier molecular flexibility index (Phi) is 6.32. The number of nitrogens with zero attached hydrogens (tertiary/aromatic N) is 4. The minimum atomic E-state index is -0.510. The summed E-state index contributed by atoms with van der Waals surface area (Å²) < 4.78 is 14.2. The molecule has 1 aromatic heterocycles. The summed E-state index contributed by atoms with van der Waals surface area (Å²) in [5.41, 5.74) is 2.84. The van der Waals surface area contributed by atoms with E-state index in [2.05, 4.69) is 10.1 Å². The maximum Gasteiger partial charge on any atom is 0.273 e. The minimum absolute atomic E-state index is 0.0768. The molecule has 0 fully saturated rings. The fourth-order valence-corrected chi connectivity index (χ4v) is 3.89. The molecule has 0 N–H and O–H groups in total. The molecule has 0 aliphatic heterocycles. The minimum Gasteiger partial charge on any atom is -0.267 e. The maximum atomic E-state index is 13.6. The summed E-state index contributed by atoms with van der Waals surface area (Å²) in [5.74, 6) is -0.909. The number of fused-ring (bicyclic) bond motifs is 1.